The predicted octanol–water partition coefficient (Wildman–Crippen LogP) is 4.38. The predicted molar refractivity (Wildman–Crippen MR) is 120 cm³/mol. The molecule has 2 aromatic heterocycles. The normalized spacial score (nSPS) is 16.5. The summed E-state index contributed by atoms with van der Waals surface area (Å²) in [5, 5.41) is 10.6. The van der Waals surface area contributed by atoms with Crippen molar-refractivity contribution in [3.8, 4) is 17.1 Å². The number of ether oxygens (including phenoxy) is 2. The third-order valence-corrected chi connectivity index (χ3v) is 5.70. The molecule has 3 heterocycles. The number of aryl methyl sites for hydroxylation is 1. The second kappa shape index (κ2) is 9.74. The van der Waals surface area contributed by atoms with Crippen LogP contribution in [0.3, 0.4) is 0 Å². The molecule has 0 bridgehead atoms. The maximum absolute atomic E-state index is 12.0. The molecule has 1 aromatic carbocycles. The Balaban J connectivity index is 1.79. The van der Waals surface area contributed by atoms with Gasteiger partial charge < -0.3 is 13.7 Å². The first kappa shape index (κ1) is 21.7. The number of carbonyl (C=O) groups excluding carboxylic acids is 1. The van der Waals surface area contributed by atoms with Crippen molar-refractivity contribution in [2.24, 2.45) is 0 Å². The van der Waals surface area contributed by atoms with Gasteiger partial charge in [0, 0.05) is 23.9 Å². The third kappa shape index (κ3) is 4.57. The van der Waals surface area contributed by atoms with Crippen molar-refractivity contribution in [3.63, 3.8) is 0 Å². The second-order valence-electron chi connectivity index (χ2n) is 7.38. The number of fused-ring (bicyclic) bond motifs is 1. The average molecular weight is 445 g/mol. The van der Waals surface area contributed by atoms with E-state index in [4.69, 9.17) is 23.9 Å². The molecule has 1 fully saturated rings. The number of aromatic nitrogens is 4. The van der Waals surface area contributed by atoms with Crippen molar-refractivity contribution in [2.45, 2.75) is 52.3 Å². The summed E-state index contributed by atoms with van der Waals surface area (Å²) in [5.74, 6) is 0.459. The Labute approximate surface area is 186 Å². The molecule has 1 saturated heterocycles. The van der Waals surface area contributed by atoms with Gasteiger partial charge in [-0.05, 0) is 56.9 Å². The first-order valence-electron chi connectivity index (χ1n) is 10.7. The number of benzene rings is 1. The van der Waals surface area contributed by atoms with Gasteiger partial charge in [-0.2, -0.15) is 10.2 Å². The van der Waals surface area contributed by atoms with E-state index < -0.39 is 0 Å². The van der Waals surface area contributed by atoms with Crippen LogP contribution in [-0.4, -0.2) is 45.0 Å². The summed E-state index contributed by atoms with van der Waals surface area (Å²) in [6, 6.07) is 7.95. The van der Waals surface area contributed by atoms with Crippen molar-refractivity contribution in [3.05, 3.63) is 30.0 Å². The van der Waals surface area contributed by atoms with Crippen molar-refractivity contribution in [1.82, 2.24) is 19.6 Å². The monoisotopic (exact) mass is 444 g/mol. The lowest BCUT2D eigenvalue weighted by Gasteiger charge is -2.23. The summed E-state index contributed by atoms with van der Waals surface area (Å²) in [7, 11) is 0. The van der Waals surface area contributed by atoms with Gasteiger partial charge in [0.25, 0.3) is 0 Å². The minimum absolute atomic E-state index is 0.0855. The van der Waals surface area contributed by atoms with E-state index in [0.717, 1.165) is 66.0 Å². The summed E-state index contributed by atoms with van der Waals surface area (Å²) in [4.78, 5) is 12.0. The quantitative estimate of drug-likeness (QED) is 0.377. The van der Waals surface area contributed by atoms with Crippen molar-refractivity contribution >= 4 is 28.9 Å². The van der Waals surface area contributed by atoms with Crippen molar-refractivity contribution in [2.75, 3.05) is 19.5 Å². The Morgan fingerprint density at radius 3 is 2.84 bits per heavy atom. The number of hydrogen-bond donors (Lipinski definition) is 0. The highest BCUT2D eigenvalue weighted by molar-refractivity contribution is 7.94. The summed E-state index contributed by atoms with van der Waals surface area (Å²) in [5.41, 5.74) is 3.42. The van der Waals surface area contributed by atoms with E-state index in [1.165, 1.54) is 12.0 Å². The van der Waals surface area contributed by atoms with Crippen molar-refractivity contribution in [1.29, 1.82) is 0 Å². The molecule has 31 heavy (non-hydrogen) atoms. The molecule has 1 aliphatic rings. The maximum Gasteiger partial charge on any atom is 0.327 e. The molecule has 0 spiro atoms. The Morgan fingerprint density at radius 2 is 2.13 bits per heavy atom. The van der Waals surface area contributed by atoms with E-state index in [-0.39, 0.29) is 18.7 Å². The fourth-order valence-electron chi connectivity index (χ4n) is 3.92. The number of nitrogens with zero attached hydrogens (tertiary/aromatic N) is 4. The highest BCUT2D eigenvalue weighted by Gasteiger charge is 2.24. The zero-order valence-corrected chi connectivity index (χ0v) is 19.0. The lowest BCUT2D eigenvalue weighted by molar-refractivity contribution is -0.144. The molecule has 3 aromatic rings. The largest absolute Gasteiger partial charge is 0.465 e. The van der Waals surface area contributed by atoms with E-state index in [1.54, 1.807) is 11.6 Å². The number of rotatable bonds is 8. The van der Waals surface area contributed by atoms with Crippen LogP contribution in [0, 0.1) is 0 Å². The van der Waals surface area contributed by atoms with Crippen LogP contribution in [0.25, 0.3) is 22.3 Å². The minimum Gasteiger partial charge on any atom is -0.465 e. The lowest BCUT2D eigenvalue weighted by atomic mass is 10.1. The van der Waals surface area contributed by atoms with E-state index in [2.05, 4.69) is 0 Å². The molecule has 9 heteroatoms. The van der Waals surface area contributed by atoms with E-state index in [9.17, 15) is 4.79 Å². The smallest absolute Gasteiger partial charge is 0.327 e. The Bertz CT molecular complexity index is 1060. The van der Waals surface area contributed by atoms with Crippen LogP contribution in [-0.2, 0) is 27.2 Å². The molecular formula is C22H28N4O4S. The summed E-state index contributed by atoms with van der Waals surface area (Å²) in [6.45, 7) is 5.02. The van der Waals surface area contributed by atoms with Crippen LogP contribution in [0.4, 0.5) is 0 Å². The summed E-state index contributed by atoms with van der Waals surface area (Å²) >= 11 is 1.30. The molecule has 0 amide bonds. The molecule has 1 aliphatic heterocycles. The van der Waals surface area contributed by atoms with Gasteiger partial charge in [-0.1, -0.05) is 6.92 Å². The molecule has 4 rings (SSSR count). The number of hydrogen-bond acceptors (Lipinski definition) is 7. The summed E-state index contributed by atoms with van der Waals surface area (Å²) < 4.78 is 20.4. The fourth-order valence-corrected chi connectivity index (χ4v) is 4.21. The first-order chi connectivity index (χ1) is 15.1. The molecule has 0 saturated carbocycles. The van der Waals surface area contributed by atoms with Gasteiger partial charge in [0.2, 0.25) is 0 Å². The second-order valence-corrected chi connectivity index (χ2v) is 7.88. The summed E-state index contributed by atoms with van der Waals surface area (Å²) in [6.07, 6.45) is 5.66. The van der Waals surface area contributed by atoms with Crippen LogP contribution < -0.4 is 4.18 Å². The molecular weight excluding hydrogens is 416 g/mol. The van der Waals surface area contributed by atoms with Gasteiger partial charge in [0.05, 0.1) is 24.2 Å². The maximum atomic E-state index is 12.0. The Kier molecular flexibility index (Phi) is 6.82. The van der Waals surface area contributed by atoms with Crippen LogP contribution in [0.2, 0.25) is 0 Å². The van der Waals surface area contributed by atoms with Crippen LogP contribution in [0.5, 0.6) is 5.75 Å². The van der Waals surface area contributed by atoms with E-state index >= 15 is 0 Å². The van der Waals surface area contributed by atoms with Crippen LogP contribution >= 0.6 is 12.0 Å². The SMILES string of the molecule is CCOC(=O)Cn1nc(-c2nn(C3CCCCO3)c3ccc(OSC)cc23)cc1CC. The van der Waals surface area contributed by atoms with Gasteiger partial charge >= 0.3 is 5.97 Å². The molecule has 0 radical (unpaired) electrons. The molecule has 1 atom stereocenters. The van der Waals surface area contributed by atoms with Gasteiger partial charge in [-0.25, -0.2) is 4.68 Å². The molecule has 0 aliphatic carbocycles. The Morgan fingerprint density at radius 1 is 1.26 bits per heavy atom. The minimum atomic E-state index is -0.298. The van der Waals surface area contributed by atoms with Gasteiger partial charge in [0.1, 0.15) is 23.7 Å². The first-order valence-corrected chi connectivity index (χ1v) is 11.9. The number of carbonyl (C=O) groups is 1. The average Bonchev–Trinajstić information content (AvgIpc) is 3.35. The topological polar surface area (TPSA) is 80.4 Å². The van der Waals surface area contributed by atoms with E-state index in [1.807, 2.05) is 42.1 Å². The van der Waals surface area contributed by atoms with Crippen molar-refractivity contribution < 1.29 is 18.5 Å². The van der Waals surface area contributed by atoms with E-state index in [0.29, 0.717) is 6.61 Å². The third-order valence-electron chi connectivity index (χ3n) is 5.34. The highest BCUT2D eigenvalue weighted by Crippen LogP contribution is 2.35. The highest BCUT2D eigenvalue weighted by atomic mass is 32.2. The van der Waals surface area contributed by atoms with Crippen LogP contribution in [0.1, 0.15) is 45.0 Å². The molecule has 0 N–H and O–H groups in total. The Hall–Kier alpha value is -2.52. The molecule has 1 unspecified atom stereocenters. The fraction of sp³-hybridized carbons (Fsp3) is 0.500. The van der Waals surface area contributed by atoms with Gasteiger partial charge in [-0.3, -0.25) is 9.48 Å². The van der Waals surface area contributed by atoms with Gasteiger partial charge in [-0.15, -0.1) is 0 Å². The zero-order chi connectivity index (χ0) is 21.8. The molecule has 166 valence electrons. The molecule has 8 nitrogen and oxygen atoms in total. The number of esters is 1. The van der Waals surface area contributed by atoms with Gasteiger partial charge in [0.15, 0.2) is 6.23 Å². The van der Waals surface area contributed by atoms with Crippen LogP contribution in [0.15, 0.2) is 24.3 Å². The standard InChI is InChI=1S/C22H28N4O4S/c1-4-15-12-18(23-25(15)14-21(27)28-5-2)22-17-13-16(30-31-3)9-10-19(17)26(24-22)20-8-6-7-11-29-20/h9-10,12-13,20H,4-8,11,14H2,1-3H3. The lowest BCUT2D eigenvalue weighted by Crippen LogP contribution is -2.19. The zero-order valence-electron chi connectivity index (χ0n) is 18.2.